The first kappa shape index (κ1) is 10.2. The molecule has 0 amide bonds. The van der Waals surface area contributed by atoms with E-state index in [-0.39, 0.29) is 0 Å². The van der Waals surface area contributed by atoms with Crippen molar-refractivity contribution in [2.24, 2.45) is 0 Å². The van der Waals surface area contributed by atoms with Crippen molar-refractivity contribution in [1.29, 1.82) is 0 Å². The molecule has 1 saturated carbocycles. The molecule has 3 rings (SSSR count). The summed E-state index contributed by atoms with van der Waals surface area (Å²) in [5.74, 6) is 1.46. The van der Waals surface area contributed by atoms with E-state index in [4.69, 9.17) is 5.73 Å². The third kappa shape index (κ3) is 1.30. The van der Waals surface area contributed by atoms with E-state index in [1.54, 1.807) is 11.1 Å². The van der Waals surface area contributed by atoms with Crippen LogP contribution in [0.5, 0.6) is 0 Å². The first-order chi connectivity index (χ1) is 7.50. The summed E-state index contributed by atoms with van der Waals surface area (Å²) in [6, 6.07) is 4.41. The topological polar surface area (TPSA) is 26.0 Å². The first-order valence-corrected chi connectivity index (χ1v) is 6.43. The normalized spacial score (nSPS) is 26.8. The van der Waals surface area contributed by atoms with Gasteiger partial charge < -0.3 is 5.73 Å². The van der Waals surface area contributed by atoms with Crippen molar-refractivity contribution in [2.75, 3.05) is 5.73 Å². The lowest BCUT2D eigenvalue weighted by Crippen LogP contribution is -2.14. The summed E-state index contributed by atoms with van der Waals surface area (Å²) in [5.41, 5.74) is 12.1. The molecule has 0 unspecified atom stereocenters. The van der Waals surface area contributed by atoms with Crippen molar-refractivity contribution in [3.05, 3.63) is 28.8 Å². The Hall–Kier alpha value is -0.980. The molecule has 0 spiro atoms. The van der Waals surface area contributed by atoms with Gasteiger partial charge in [0.2, 0.25) is 0 Å². The third-order valence-electron chi connectivity index (χ3n) is 4.31. The zero-order chi connectivity index (χ0) is 11.5. The average molecular weight is 215 g/mol. The second-order valence-corrected chi connectivity index (χ2v) is 6.30. The number of hydrogen-bond acceptors (Lipinski definition) is 1. The molecular weight excluding hydrogens is 194 g/mol. The standard InChI is InChI=1S/C15H21N/c1-9-8-15(2,3)14-11(10-4-5-10)6-7-12(16)13(9)14/h6-7,9-10H,4-5,8,16H2,1-3H3/t9-/m1/s1. The maximum absolute atomic E-state index is 6.17. The van der Waals surface area contributed by atoms with Crippen LogP contribution in [0.4, 0.5) is 5.69 Å². The molecule has 0 radical (unpaired) electrons. The van der Waals surface area contributed by atoms with Gasteiger partial charge in [0.05, 0.1) is 0 Å². The van der Waals surface area contributed by atoms with Crippen LogP contribution in [0, 0.1) is 0 Å². The lowest BCUT2D eigenvalue weighted by molar-refractivity contribution is 0.486. The fourth-order valence-electron chi connectivity index (χ4n) is 3.64. The lowest BCUT2D eigenvalue weighted by Gasteiger charge is -2.23. The Kier molecular flexibility index (Phi) is 1.93. The van der Waals surface area contributed by atoms with E-state index in [1.807, 2.05) is 0 Å². The van der Waals surface area contributed by atoms with Crippen molar-refractivity contribution < 1.29 is 0 Å². The van der Waals surface area contributed by atoms with Crippen LogP contribution < -0.4 is 5.73 Å². The largest absolute Gasteiger partial charge is 0.398 e. The Morgan fingerprint density at radius 3 is 2.56 bits per heavy atom. The molecule has 1 aromatic rings. The van der Waals surface area contributed by atoms with Crippen molar-refractivity contribution in [3.8, 4) is 0 Å². The SMILES string of the molecule is C[C@@H]1CC(C)(C)c2c(C3CC3)ccc(N)c21. The van der Waals surface area contributed by atoms with E-state index in [0.29, 0.717) is 11.3 Å². The van der Waals surface area contributed by atoms with E-state index < -0.39 is 0 Å². The Balaban J connectivity index is 2.25. The molecule has 1 heteroatoms. The number of nitrogens with two attached hydrogens (primary N) is 1. The number of rotatable bonds is 1. The Morgan fingerprint density at radius 2 is 1.94 bits per heavy atom. The molecule has 16 heavy (non-hydrogen) atoms. The van der Waals surface area contributed by atoms with Crippen LogP contribution in [-0.4, -0.2) is 0 Å². The van der Waals surface area contributed by atoms with E-state index in [2.05, 4.69) is 32.9 Å². The molecule has 0 aliphatic heterocycles. The average Bonchev–Trinajstić information content (AvgIpc) is 2.96. The summed E-state index contributed by atoms with van der Waals surface area (Å²) in [6.45, 7) is 7.07. The molecule has 1 fully saturated rings. The molecule has 1 atom stereocenters. The molecule has 0 bridgehead atoms. The van der Waals surface area contributed by atoms with Gasteiger partial charge in [-0.25, -0.2) is 0 Å². The lowest BCUT2D eigenvalue weighted by atomic mass is 9.82. The molecule has 86 valence electrons. The van der Waals surface area contributed by atoms with Gasteiger partial charge in [-0.2, -0.15) is 0 Å². The van der Waals surface area contributed by atoms with Gasteiger partial charge in [-0.3, -0.25) is 0 Å². The van der Waals surface area contributed by atoms with Crippen LogP contribution in [-0.2, 0) is 5.41 Å². The minimum absolute atomic E-state index is 0.321. The second-order valence-electron chi connectivity index (χ2n) is 6.30. The highest BCUT2D eigenvalue weighted by Crippen LogP contribution is 2.54. The maximum Gasteiger partial charge on any atom is 0.0352 e. The predicted octanol–water partition coefficient (Wildman–Crippen LogP) is 3.93. The van der Waals surface area contributed by atoms with Crippen LogP contribution in [0.2, 0.25) is 0 Å². The summed E-state index contributed by atoms with van der Waals surface area (Å²) < 4.78 is 0. The van der Waals surface area contributed by atoms with Crippen LogP contribution in [0.25, 0.3) is 0 Å². The number of nitrogen functional groups attached to an aromatic ring is 1. The molecule has 0 aromatic heterocycles. The summed E-state index contributed by atoms with van der Waals surface area (Å²) in [7, 11) is 0. The van der Waals surface area contributed by atoms with Crippen LogP contribution >= 0.6 is 0 Å². The van der Waals surface area contributed by atoms with Crippen LogP contribution in [0.15, 0.2) is 12.1 Å². The number of hydrogen-bond donors (Lipinski definition) is 1. The minimum Gasteiger partial charge on any atom is -0.398 e. The van der Waals surface area contributed by atoms with Gasteiger partial charge in [-0.05, 0) is 59.3 Å². The highest BCUT2D eigenvalue weighted by atomic mass is 14.6. The smallest absolute Gasteiger partial charge is 0.0352 e. The highest BCUT2D eigenvalue weighted by molar-refractivity contribution is 5.61. The van der Waals surface area contributed by atoms with Crippen molar-refractivity contribution in [3.63, 3.8) is 0 Å². The minimum atomic E-state index is 0.321. The van der Waals surface area contributed by atoms with E-state index >= 15 is 0 Å². The summed E-state index contributed by atoms with van der Waals surface area (Å²) in [5, 5.41) is 0. The van der Waals surface area contributed by atoms with Crippen LogP contribution in [0.3, 0.4) is 0 Å². The first-order valence-electron chi connectivity index (χ1n) is 6.43. The summed E-state index contributed by atoms with van der Waals surface area (Å²) in [6.07, 6.45) is 4.00. The maximum atomic E-state index is 6.17. The molecule has 0 saturated heterocycles. The molecule has 1 nitrogen and oxygen atoms in total. The summed E-state index contributed by atoms with van der Waals surface area (Å²) >= 11 is 0. The zero-order valence-corrected chi connectivity index (χ0v) is 10.5. The fourth-order valence-corrected chi connectivity index (χ4v) is 3.64. The second kappa shape index (κ2) is 3.03. The van der Waals surface area contributed by atoms with Gasteiger partial charge >= 0.3 is 0 Å². The quantitative estimate of drug-likeness (QED) is 0.706. The van der Waals surface area contributed by atoms with Crippen molar-refractivity contribution >= 4 is 5.69 Å². The number of benzene rings is 1. The van der Waals surface area contributed by atoms with E-state index in [1.165, 1.54) is 24.8 Å². The van der Waals surface area contributed by atoms with Gasteiger partial charge in [0.1, 0.15) is 0 Å². The number of anilines is 1. The number of fused-ring (bicyclic) bond motifs is 1. The van der Waals surface area contributed by atoms with Gasteiger partial charge in [0, 0.05) is 5.69 Å². The monoisotopic (exact) mass is 215 g/mol. The predicted molar refractivity (Wildman–Crippen MR) is 68.9 cm³/mol. The highest BCUT2D eigenvalue weighted by Gasteiger charge is 2.40. The fraction of sp³-hybridized carbons (Fsp3) is 0.600. The Labute approximate surface area is 98.0 Å². The van der Waals surface area contributed by atoms with Gasteiger partial charge in [-0.1, -0.05) is 26.8 Å². The molecule has 0 heterocycles. The van der Waals surface area contributed by atoms with Gasteiger partial charge in [0.25, 0.3) is 0 Å². The van der Waals surface area contributed by atoms with Crippen LogP contribution in [0.1, 0.15) is 68.6 Å². The molecule has 2 N–H and O–H groups in total. The molecule has 1 aromatic carbocycles. The van der Waals surface area contributed by atoms with Crippen molar-refractivity contribution in [1.82, 2.24) is 0 Å². The third-order valence-corrected chi connectivity index (χ3v) is 4.31. The Bertz CT molecular complexity index is 441. The van der Waals surface area contributed by atoms with E-state index in [0.717, 1.165) is 11.6 Å². The molecular formula is C15H21N. The molecule has 2 aliphatic carbocycles. The van der Waals surface area contributed by atoms with Crippen molar-refractivity contribution in [2.45, 2.75) is 57.3 Å². The zero-order valence-electron chi connectivity index (χ0n) is 10.5. The van der Waals surface area contributed by atoms with E-state index in [9.17, 15) is 0 Å². The summed E-state index contributed by atoms with van der Waals surface area (Å²) in [4.78, 5) is 0. The molecule has 2 aliphatic rings. The Morgan fingerprint density at radius 1 is 1.25 bits per heavy atom. The van der Waals surface area contributed by atoms with Gasteiger partial charge in [0.15, 0.2) is 0 Å². The van der Waals surface area contributed by atoms with Gasteiger partial charge in [-0.15, -0.1) is 0 Å².